The molecule has 0 radical (unpaired) electrons. The molecule has 0 spiro atoms. The highest BCUT2D eigenvalue weighted by Gasteiger charge is 2.14. The van der Waals surface area contributed by atoms with E-state index in [-0.39, 0.29) is 5.91 Å². The van der Waals surface area contributed by atoms with E-state index in [1.54, 1.807) is 4.68 Å². The van der Waals surface area contributed by atoms with Gasteiger partial charge in [0.2, 0.25) is 0 Å². The van der Waals surface area contributed by atoms with Crippen LogP contribution in [0.15, 0.2) is 30.3 Å². The Morgan fingerprint density at radius 3 is 2.88 bits per heavy atom. The number of hydrogen-bond donors (Lipinski definition) is 2. The van der Waals surface area contributed by atoms with Gasteiger partial charge in [0.15, 0.2) is 0 Å². The van der Waals surface area contributed by atoms with Crippen molar-refractivity contribution in [3.8, 4) is 0 Å². The number of nitrogens with one attached hydrogen (secondary N) is 2. The summed E-state index contributed by atoms with van der Waals surface area (Å²) in [6.07, 6.45) is 0. The molecule has 0 aliphatic rings. The van der Waals surface area contributed by atoms with Crippen LogP contribution in [0.3, 0.4) is 0 Å². The zero-order chi connectivity index (χ0) is 16.8. The van der Waals surface area contributed by atoms with Crippen molar-refractivity contribution in [2.45, 2.75) is 13.8 Å². The minimum absolute atomic E-state index is 0.156. The minimum atomic E-state index is -0.156. The van der Waals surface area contributed by atoms with Gasteiger partial charge in [-0.25, -0.2) is 4.68 Å². The van der Waals surface area contributed by atoms with Gasteiger partial charge in [-0.1, -0.05) is 5.21 Å². The highest BCUT2D eigenvalue weighted by atomic mass is 16.1. The number of nitrogens with zero attached hydrogens (tertiary/aromatic N) is 4. The van der Waals surface area contributed by atoms with Gasteiger partial charge in [-0.05, 0) is 49.7 Å². The maximum absolute atomic E-state index is 12.7. The van der Waals surface area contributed by atoms with Crippen molar-refractivity contribution in [1.29, 1.82) is 0 Å². The maximum Gasteiger partial charge on any atom is 0.256 e. The molecule has 0 saturated heterocycles. The molecule has 7 nitrogen and oxygen atoms in total. The third-order valence-electron chi connectivity index (χ3n) is 4.21. The Kier molecular flexibility index (Phi) is 3.09. The lowest BCUT2D eigenvalue weighted by Crippen LogP contribution is -2.13. The number of aromatic nitrogens is 5. The third-order valence-corrected chi connectivity index (χ3v) is 4.21. The molecule has 4 aromatic rings. The summed E-state index contributed by atoms with van der Waals surface area (Å²) in [5, 5.41) is 19.1. The van der Waals surface area contributed by atoms with E-state index in [2.05, 4.69) is 25.8 Å². The first-order valence-corrected chi connectivity index (χ1v) is 7.59. The number of H-pyrrole nitrogens is 1. The zero-order valence-electron chi connectivity index (χ0n) is 13.6. The first-order chi connectivity index (χ1) is 11.5. The second-order valence-electron chi connectivity index (χ2n) is 5.89. The summed E-state index contributed by atoms with van der Waals surface area (Å²) in [5.74, 6) is -0.156. The largest absolute Gasteiger partial charge is 0.322 e. The highest BCUT2D eigenvalue weighted by Crippen LogP contribution is 2.22. The molecule has 2 heterocycles. The second kappa shape index (κ2) is 5.16. The molecule has 120 valence electrons. The van der Waals surface area contributed by atoms with E-state index in [1.165, 1.54) is 0 Å². The Bertz CT molecular complexity index is 1090. The van der Waals surface area contributed by atoms with Crippen LogP contribution in [0.4, 0.5) is 5.69 Å². The standard InChI is InChI=1S/C17H16N6O/c1-9-6-15-16(23(3)22-21-15)8-12(9)17(24)18-11-4-5-14-13(7-11)10(2)19-20-14/h4-8H,1-3H3,(H,18,24)(H,19,20). The molecule has 1 amide bonds. The maximum atomic E-state index is 12.7. The van der Waals surface area contributed by atoms with Crippen molar-refractivity contribution in [1.82, 2.24) is 25.2 Å². The number of fused-ring (bicyclic) bond motifs is 2. The molecule has 0 bridgehead atoms. The quantitative estimate of drug-likeness (QED) is 0.594. The van der Waals surface area contributed by atoms with Crippen molar-refractivity contribution in [2.75, 3.05) is 5.32 Å². The average molecular weight is 320 g/mol. The fourth-order valence-electron chi connectivity index (χ4n) is 2.85. The van der Waals surface area contributed by atoms with Crippen LogP contribution < -0.4 is 5.32 Å². The zero-order valence-corrected chi connectivity index (χ0v) is 13.6. The molecule has 0 fully saturated rings. The van der Waals surface area contributed by atoms with E-state index in [1.807, 2.05) is 51.2 Å². The van der Waals surface area contributed by atoms with Crippen molar-refractivity contribution >= 4 is 33.5 Å². The molecule has 7 heteroatoms. The molecule has 0 atom stereocenters. The molecule has 2 aromatic carbocycles. The van der Waals surface area contributed by atoms with Crippen LogP contribution in [0.1, 0.15) is 21.6 Å². The fraction of sp³-hybridized carbons (Fsp3) is 0.176. The van der Waals surface area contributed by atoms with E-state index in [0.29, 0.717) is 5.56 Å². The minimum Gasteiger partial charge on any atom is -0.322 e. The normalized spacial score (nSPS) is 11.3. The van der Waals surface area contributed by atoms with Gasteiger partial charge in [0, 0.05) is 23.7 Å². The van der Waals surface area contributed by atoms with Crippen molar-refractivity contribution < 1.29 is 4.79 Å². The van der Waals surface area contributed by atoms with Gasteiger partial charge < -0.3 is 5.32 Å². The summed E-state index contributed by atoms with van der Waals surface area (Å²) in [6, 6.07) is 9.39. The van der Waals surface area contributed by atoms with Crippen LogP contribution in [0.2, 0.25) is 0 Å². The van der Waals surface area contributed by atoms with Crippen molar-refractivity contribution in [2.24, 2.45) is 7.05 Å². The predicted molar refractivity (Wildman–Crippen MR) is 92.0 cm³/mol. The van der Waals surface area contributed by atoms with E-state index in [0.717, 1.165) is 38.9 Å². The van der Waals surface area contributed by atoms with Crippen molar-refractivity contribution in [3.63, 3.8) is 0 Å². The van der Waals surface area contributed by atoms with Crippen LogP contribution in [0, 0.1) is 13.8 Å². The van der Waals surface area contributed by atoms with Gasteiger partial charge in [0.05, 0.1) is 16.7 Å². The summed E-state index contributed by atoms with van der Waals surface area (Å²) in [6.45, 7) is 3.82. The van der Waals surface area contributed by atoms with Crippen LogP contribution in [0.5, 0.6) is 0 Å². The van der Waals surface area contributed by atoms with Gasteiger partial charge in [0.25, 0.3) is 5.91 Å². The number of rotatable bonds is 2. The van der Waals surface area contributed by atoms with Crippen LogP contribution >= 0.6 is 0 Å². The molecule has 24 heavy (non-hydrogen) atoms. The Morgan fingerprint density at radius 1 is 1.21 bits per heavy atom. The van der Waals surface area contributed by atoms with E-state index >= 15 is 0 Å². The lowest BCUT2D eigenvalue weighted by Gasteiger charge is -2.08. The lowest BCUT2D eigenvalue weighted by atomic mass is 10.1. The van der Waals surface area contributed by atoms with E-state index in [4.69, 9.17) is 0 Å². The Balaban J connectivity index is 1.71. The SMILES string of the molecule is Cc1cc2nnn(C)c2cc1C(=O)Nc1ccc2[nH]nc(C)c2c1. The van der Waals surface area contributed by atoms with Gasteiger partial charge in [0.1, 0.15) is 5.52 Å². The number of amides is 1. The Hall–Kier alpha value is -3.22. The van der Waals surface area contributed by atoms with Crippen molar-refractivity contribution in [3.05, 3.63) is 47.2 Å². The summed E-state index contributed by atoms with van der Waals surface area (Å²) >= 11 is 0. The number of carbonyl (C=O) groups is 1. The Labute approximate surface area is 137 Å². The summed E-state index contributed by atoms with van der Waals surface area (Å²) in [7, 11) is 1.81. The van der Waals surface area contributed by atoms with Gasteiger partial charge in [-0.2, -0.15) is 5.10 Å². The van der Waals surface area contributed by atoms with E-state index in [9.17, 15) is 4.79 Å². The molecule has 0 aliphatic carbocycles. The molecule has 0 aliphatic heterocycles. The number of aromatic amines is 1. The number of hydrogen-bond acceptors (Lipinski definition) is 4. The second-order valence-corrected chi connectivity index (χ2v) is 5.89. The smallest absolute Gasteiger partial charge is 0.256 e. The third kappa shape index (κ3) is 2.21. The summed E-state index contributed by atoms with van der Waals surface area (Å²) in [5.41, 5.74) is 5.66. The lowest BCUT2D eigenvalue weighted by molar-refractivity contribution is 0.102. The number of anilines is 1. The molecule has 2 N–H and O–H groups in total. The predicted octanol–water partition coefficient (Wildman–Crippen LogP) is 2.71. The summed E-state index contributed by atoms with van der Waals surface area (Å²) < 4.78 is 1.66. The molecule has 2 aromatic heterocycles. The number of aryl methyl sites for hydroxylation is 3. The van der Waals surface area contributed by atoms with Crippen LogP contribution in [-0.2, 0) is 7.05 Å². The molecule has 0 unspecified atom stereocenters. The first kappa shape index (κ1) is 14.4. The van der Waals surface area contributed by atoms with Gasteiger partial charge >= 0.3 is 0 Å². The topological polar surface area (TPSA) is 88.5 Å². The van der Waals surface area contributed by atoms with Crippen LogP contribution in [-0.4, -0.2) is 31.1 Å². The molecular formula is C17H16N6O. The monoisotopic (exact) mass is 320 g/mol. The highest BCUT2D eigenvalue weighted by molar-refractivity contribution is 6.07. The average Bonchev–Trinajstić information content (AvgIpc) is 3.10. The fourth-order valence-corrected chi connectivity index (χ4v) is 2.85. The first-order valence-electron chi connectivity index (χ1n) is 7.59. The van der Waals surface area contributed by atoms with Crippen LogP contribution in [0.25, 0.3) is 21.9 Å². The number of carbonyl (C=O) groups excluding carboxylic acids is 1. The van der Waals surface area contributed by atoms with Gasteiger partial charge in [-0.3, -0.25) is 9.89 Å². The van der Waals surface area contributed by atoms with E-state index < -0.39 is 0 Å². The summed E-state index contributed by atoms with van der Waals surface area (Å²) in [4.78, 5) is 12.7. The number of benzene rings is 2. The van der Waals surface area contributed by atoms with Gasteiger partial charge in [-0.15, -0.1) is 5.10 Å². The molecular weight excluding hydrogens is 304 g/mol. The Morgan fingerprint density at radius 2 is 2.04 bits per heavy atom. The molecule has 4 rings (SSSR count). The molecule has 0 saturated carbocycles.